The molecule has 1 saturated carbocycles. The van der Waals surface area contributed by atoms with E-state index >= 15 is 0 Å². The van der Waals surface area contributed by atoms with E-state index in [-0.39, 0.29) is 30.7 Å². The normalized spacial score (nSPS) is 27.7. The number of nitrogens with zero attached hydrogens (tertiary/aromatic N) is 1. The zero-order valence-corrected chi connectivity index (χ0v) is 12.7. The summed E-state index contributed by atoms with van der Waals surface area (Å²) in [5.74, 6) is 1.14. The molecule has 116 valence electrons. The summed E-state index contributed by atoms with van der Waals surface area (Å²) < 4.78 is 22.5. The van der Waals surface area contributed by atoms with Crippen LogP contribution in [-0.4, -0.2) is 68.6 Å². The van der Waals surface area contributed by atoms with E-state index in [0.29, 0.717) is 24.9 Å². The highest BCUT2D eigenvalue weighted by Crippen LogP contribution is 2.41. The highest BCUT2D eigenvalue weighted by molar-refractivity contribution is 7.90. The van der Waals surface area contributed by atoms with Crippen LogP contribution in [0, 0.1) is 11.8 Å². The Hall–Kier alpha value is -0.660. The minimum Gasteiger partial charge on any atom is -0.396 e. The number of amides is 1. The van der Waals surface area contributed by atoms with Gasteiger partial charge < -0.3 is 10.4 Å². The van der Waals surface area contributed by atoms with Crippen molar-refractivity contribution in [2.24, 2.45) is 11.8 Å². The molecule has 1 aliphatic carbocycles. The van der Waals surface area contributed by atoms with E-state index < -0.39 is 9.84 Å². The number of aliphatic hydroxyl groups is 1. The lowest BCUT2D eigenvalue weighted by Gasteiger charge is -2.19. The van der Waals surface area contributed by atoms with Gasteiger partial charge in [0.1, 0.15) is 9.84 Å². The lowest BCUT2D eigenvalue weighted by molar-refractivity contribution is -0.122. The number of sulfone groups is 1. The molecule has 2 aliphatic rings. The molecule has 1 amide bonds. The van der Waals surface area contributed by atoms with E-state index in [1.54, 1.807) is 0 Å². The van der Waals surface area contributed by atoms with Crippen LogP contribution in [0.4, 0.5) is 0 Å². The van der Waals surface area contributed by atoms with Crippen molar-refractivity contribution in [1.29, 1.82) is 0 Å². The molecule has 7 heteroatoms. The predicted octanol–water partition coefficient (Wildman–Crippen LogP) is -0.760. The van der Waals surface area contributed by atoms with Gasteiger partial charge in [0.05, 0.1) is 12.4 Å². The predicted molar refractivity (Wildman–Crippen MR) is 76.0 cm³/mol. The standard InChI is InChI=1S/C13H24N2O4S/c1-20(18,19)7-5-15-8-11(10-2-3-10)12(9-15)14-13(17)4-6-16/h10-12,16H,2-9H2,1H3,(H,14,17)/t11-,12+/m0/s1. The topological polar surface area (TPSA) is 86.7 Å². The second kappa shape index (κ2) is 6.41. The number of nitrogens with one attached hydrogen (secondary N) is 1. The summed E-state index contributed by atoms with van der Waals surface area (Å²) in [5.41, 5.74) is 0. The van der Waals surface area contributed by atoms with Crippen LogP contribution in [0.25, 0.3) is 0 Å². The molecule has 2 N–H and O–H groups in total. The van der Waals surface area contributed by atoms with Gasteiger partial charge in [0.25, 0.3) is 0 Å². The largest absolute Gasteiger partial charge is 0.396 e. The summed E-state index contributed by atoms with van der Waals surface area (Å²) in [6.45, 7) is 1.98. The number of hydrogen-bond acceptors (Lipinski definition) is 5. The van der Waals surface area contributed by atoms with Crippen LogP contribution in [0.5, 0.6) is 0 Å². The summed E-state index contributed by atoms with van der Waals surface area (Å²) in [6, 6.07) is 0.0983. The fraction of sp³-hybridized carbons (Fsp3) is 0.923. The van der Waals surface area contributed by atoms with E-state index in [1.807, 2.05) is 0 Å². The molecule has 0 aromatic carbocycles. The lowest BCUT2D eigenvalue weighted by atomic mass is 9.98. The first-order valence-electron chi connectivity index (χ1n) is 7.19. The van der Waals surface area contributed by atoms with Crippen molar-refractivity contribution in [3.05, 3.63) is 0 Å². The fourth-order valence-corrected chi connectivity index (χ4v) is 3.52. The van der Waals surface area contributed by atoms with Gasteiger partial charge in [-0.15, -0.1) is 0 Å². The van der Waals surface area contributed by atoms with Crippen molar-refractivity contribution in [3.63, 3.8) is 0 Å². The van der Waals surface area contributed by atoms with Crippen molar-refractivity contribution in [2.45, 2.75) is 25.3 Å². The highest BCUT2D eigenvalue weighted by atomic mass is 32.2. The van der Waals surface area contributed by atoms with E-state index in [4.69, 9.17) is 5.11 Å². The molecule has 1 saturated heterocycles. The molecule has 0 aromatic heterocycles. The smallest absolute Gasteiger partial charge is 0.222 e. The molecule has 0 spiro atoms. The summed E-state index contributed by atoms with van der Waals surface area (Å²) in [4.78, 5) is 13.8. The third-order valence-corrected chi connectivity index (χ3v) is 5.06. The van der Waals surface area contributed by atoms with Gasteiger partial charge in [0.15, 0.2) is 0 Å². The Kier molecular flexibility index (Phi) is 5.04. The molecule has 0 radical (unpaired) electrons. The zero-order chi connectivity index (χ0) is 14.8. The van der Waals surface area contributed by atoms with E-state index in [9.17, 15) is 13.2 Å². The number of carbonyl (C=O) groups is 1. The first kappa shape index (κ1) is 15.7. The fourth-order valence-electron chi connectivity index (χ4n) is 2.93. The van der Waals surface area contributed by atoms with Crippen LogP contribution >= 0.6 is 0 Å². The minimum absolute atomic E-state index is 0.0983. The molecule has 20 heavy (non-hydrogen) atoms. The third-order valence-electron chi connectivity index (χ3n) is 4.13. The quantitative estimate of drug-likeness (QED) is 0.646. The Morgan fingerprint density at radius 1 is 1.35 bits per heavy atom. The van der Waals surface area contributed by atoms with Crippen LogP contribution in [0.3, 0.4) is 0 Å². The summed E-state index contributed by atoms with van der Waals surface area (Å²) in [6.07, 6.45) is 3.80. The van der Waals surface area contributed by atoms with Gasteiger partial charge in [-0.1, -0.05) is 0 Å². The molecule has 2 atom stereocenters. The first-order valence-corrected chi connectivity index (χ1v) is 9.25. The molecule has 6 nitrogen and oxygen atoms in total. The summed E-state index contributed by atoms with van der Waals surface area (Å²) in [5, 5.41) is 11.8. The number of aliphatic hydroxyl groups excluding tert-OH is 1. The maximum Gasteiger partial charge on any atom is 0.222 e. The molecular weight excluding hydrogens is 280 g/mol. The van der Waals surface area contributed by atoms with Crippen molar-refractivity contribution in [3.8, 4) is 0 Å². The Labute approximate surface area is 120 Å². The van der Waals surface area contributed by atoms with E-state index in [2.05, 4.69) is 10.2 Å². The molecular formula is C13H24N2O4S. The number of likely N-dealkylation sites (tertiary alicyclic amines) is 1. The first-order chi connectivity index (χ1) is 9.39. The maximum absolute atomic E-state index is 11.6. The van der Waals surface area contributed by atoms with Gasteiger partial charge in [-0.05, 0) is 24.7 Å². The van der Waals surface area contributed by atoms with Crippen molar-refractivity contribution < 1.29 is 18.3 Å². The van der Waals surface area contributed by atoms with E-state index in [0.717, 1.165) is 6.54 Å². The number of carbonyl (C=O) groups excluding carboxylic acids is 1. The minimum atomic E-state index is -2.94. The monoisotopic (exact) mass is 304 g/mol. The van der Waals surface area contributed by atoms with Crippen LogP contribution in [0.15, 0.2) is 0 Å². The van der Waals surface area contributed by atoms with Crippen molar-refractivity contribution >= 4 is 15.7 Å². The third kappa shape index (κ3) is 4.71. The second-order valence-electron chi connectivity index (χ2n) is 6.04. The molecule has 0 aromatic rings. The van der Waals surface area contributed by atoms with Crippen LogP contribution < -0.4 is 5.32 Å². The van der Waals surface area contributed by atoms with Crippen molar-refractivity contribution in [1.82, 2.24) is 10.2 Å². The SMILES string of the molecule is CS(=O)(=O)CCN1C[C@@H](NC(=O)CCO)[C@H](C2CC2)C1. The summed E-state index contributed by atoms with van der Waals surface area (Å²) >= 11 is 0. The average molecular weight is 304 g/mol. The van der Waals surface area contributed by atoms with Gasteiger partial charge in [-0.25, -0.2) is 8.42 Å². The molecule has 2 rings (SSSR count). The Morgan fingerprint density at radius 3 is 2.60 bits per heavy atom. The van der Waals surface area contributed by atoms with Gasteiger partial charge in [-0.3, -0.25) is 9.69 Å². The van der Waals surface area contributed by atoms with Gasteiger partial charge >= 0.3 is 0 Å². The average Bonchev–Trinajstić information content (AvgIpc) is 3.09. The Balaban J connectivity index is 1.88. The molecule has 1 aliphatic heterocycles. The molecule has 0 unspecified atom stereocenters. The maximum atomic E-state index is 11.6. The Morgan fingerprint density at radius 2 is 2.05 bits per heavy atom. The van der Waals surface area contributed by atoms with E-state index in [1.165, 1.54) is 19.1 Å². The van der Waals surface area contributed by atoms with Crippen LogP contribution in [-0.2, 0) is 14.6 Å². The highest BCUT2D eigenvalue weighted by Gasteiger charge is 2.42. The van der Waals surface area contributed by atoms with Crippen LogP contribution in [0.1, 0.15) is 19.3 Å². The zero-order valence-electron chi connectivity index (χ0n) is 11.9. The molecule has 2 fully saturated rings. The van der Waals surface area contributed by atoms with Gasteiger partial charge in [0, 0.05) is 38.4 Å². The van der Waals surface area contributed by atoms with Gasteiger partial charge in [-0.2, -0.15) is 0 Å². The Bertz CT molecular complexity index is 447. The molecule has 0 bridgehead atoms. The summed E-state index contributed by atoms with van der Waals surface area (Å²) in [7, 11) is -2.94. The van der Waals surface area contributed by atoms with Crippen molar-refractivity contribution in [2.75, 3.05) is 38.2 Å². The molecule has 1 heterocycles. The van der Waals surface area contributed by atoms with Gasteiger partial charge in [0.2, 0.25) is 5.91 Å². The number of hydrogen-bond donors (Lipinski definition) is 2. The second-order valence-corrected chi connectivity index (χ2v) is 8.30. The number of rotatable bonds is 7. The van der Waals surface area contributed by atoms with Crippen LogP contribution in [0.2, 0.25) is 0 Å². The lowest BCUT2D eigenvalue weighted by Crippen LogP contribution is -2.41.